The summed E-state index contributed by atoms with van der Waals surface area (Å²) in [5.41, 5.74) is -4.56. The lowest BCUT2D eigenvalue weighted by molar-refractivity contribution is -0.274. The van der Waals surface area contributed by atoms with Gasteiger partial charge in [0.1, 0.15) is 17.0 Å². The van der Waals surface area contributed by atoms with Crippen molar-refractivity contribution >= 4 is 6.29 Å². The number of nitrogens with one attached hydrogen (secondary N) is 1. The van der Waals surface area contributed by atoms with E-state index in [4.69, 9.17) is 0 Å². The zero-order chi connectivity index (χ0) is 14.1. The number of pyridine rings is 1. The van der Waals surface area contributed by atoms with Gasteiger partial charge >= 0.3 is 12.5 Å². The number of aromatic amines is 1. The Balaban J connectivity index is 3.42. The molecule has 1 N–H and O–H groups in total. The Morgan fingerprint density at radius 2 is 1.72 bits per heavy atom. The number of ether oxygens (including phenoxy) is 1. The number of halogens is 6. The molecule has 1 aromatic rings. The molecule has 0 bridgehead atoms. The van der Waals surface area contributed by atoms with Crippen molar-refractivity contribution in [3.05, 3.63) is 27.7 Å². The molecular formula is C8H3F6NO3. The molecule has 0 saturated heterocycles. The molecule has 0 saturated carbocycles. The number of aromatic nitrogens is 1. The highest BCUT2D eigenvalue weighted by Gasteiger charge is 2.37. The van der Waals surface area contributed by atoms with Crippen molar-refractivity contribution in [1.29, 1.82) is 0 Å². The smallest absolute Gasteiger partial charge is 0.405 e. The molecule has 0 amide bonds. The van der Waals surface area contributed by atoms with Gasteiger partial charge in [0.15, 0.2) is 6.29 Å². The van der Waals surface area contributed by atoms with E-state index in [0.717, 1.165) is 0 Å². The van der Waals surface area contributed by atoms with Crippen LogP contribution < -0.4 is 10.3 Å². The van der Waals surface area contributed by atoms with Crippen LogP contribution in [0.15, 0.2) is 10.9 Å². The number of aldehydes is 1. The topological polar surface area (TPSA) is 59.2 Å². The van der Waals surface area contributed by atoms with Gasteiger partial charge in [-0.05, 0) is 0 Å². The summed E-state index contributed by atoms with van der Waals surface area (Å²) >= 11 is 0. The number of hydrogen-bond acceptors (Lipinski definition) is 3. The summed E-state index contributed by atoms with van der Waals surface area (Å²) < 4.78 is 75.5. The molecule has 0 aliphatic carbocycles. The van der Waals surface area contributed by atoms with E-state index < -0.39 is 35.1 Å². The molecule has 0 aliphatic heterocycles. The molecule has 1 rings (SSSR count). The van der Waals surface area contributed by atoms with Gasteiger partial charge in [-0.25, -0.2) is 0 Å². The largest absolute Gasteiger partial charge is 0.573 e. The maximum absolute atomic E-state index is 12.2. The highest BCUT2D eigenvalue weighted by atomic mass is 19.4. The van der Waals surface area contributed by atoms with E-state index >= 15 is 0 Å². The van der Waals surface area contributed by atoms with Crippen molar-refractivity contribution < 1.29 is 35.9 Å². The van der Waals surface area contributed by atoms with Gasteiger partial charge in [-0.15, -0.1) is 13.2 Å². The first-order valence-corrected chi connectivity index (χ1v) is 4.10. The first-order valence-electron chi connectivity index (χ1n) is 4.10. The summed E-state index contributed by atoms with van der Waals surface area (Å²) in [6, 6.07) is -0.112. The van der Waals surface area contributed by atoms with Crippen LogP contribution in [0, 0.1) is 0 Å². The molecule has 0 radical (unpaired) electrons. The van der Waals surface area contributed by atoms with Crippen molar-refractivity contribution in [2.45, 2.75) is 12.5 Å². The normalized spacial score (nSPS) is 12.3. The number of alkyl halides is 6. The summed E-state index contributed by atoms with van der Waals surface area (Å²) in [4.78, 5) is 22.6. The van der Waals surface area contributed by atoms with E-state index in [1.165, 1.54) is 4.98 Å². The van der Waals surface area contributed by atoms with Crippen LogP contribution >= 0.6 is 0 Å². The van der Waals surface area contributed by atoms with Crippen molar-refractivity contribution in [3.63, 3.8) is 0 Å². The van der Waals surface area contributed by atoms with Crippen LogP contribution in [0.1, 0.15) is 16.1 Å². The number of carbonyl (C=O) groups is 1. The summed E-state index contributed by atoms with van der Waals surface area (Å²) in [6.45, 7) is 0. The molecule has 0 aliphatic rings. The molecule has 100 valence electrons. The van der Waals surface area contributed by atoms with Crippen molar-refractivity contribution in [2.75, 3.05) is 0 Å². The molecule has 1 heterocycles. The molecule has 1 aromatic heterocycles. The maximum atomic E-state index is 12.2. The summed E-state index contributed by atoms with van der Waals surface area (Å²) in [5, 5.41) is 0. The average Bonchev–Trinajstić information content (AvgIpc) is 2.13. The molecule has 18 heavy (non-hydrogen) atoms. The Bertz CT molecular complexity index is 515. The number of hydrogen-bond donors (Lipinski definition) is 1. The van der Waals surface area contributed by atoms with Gasteiger partial charge in [0.25, 0.3) is 5.56 Å². The summed E-state index contributed by atoms with van der Waals surface area (Å²) in [7, 11) is 0. The minimum atomic E-state index is -5.32. The van der Waals surface area contributed by atoms with Gasteiger partial charge in [-0.2, -0.15) is 13.2 Å². The lowest BCUT2D eigenvalue weighted by atomic mass is 10.2. The summed E-state index contributed by atoms with van der Waals surface area (Å²) in [5.74, 6) is -1.51. The van der Waals surface area contributed by atoms with Crippen LogP contribution in [0.2, 0.25) is 0 Å². The first-order chi connectivity index (χ1) is 8.04. The lowest BCUT2D eigenvalue weighted by Gasteiger charge is -2.12. The van der Waals surface area contributed by atoms with E-state index in [1.807, 2.05) is 0 Å². The highest BCUT2D eigenvalue weighted by Crippen LogP contribution is 2.31. The number of H-pyrrole nitrogens is 1. The van der Waals surface area contributed by atoms with Gasteiger partial charge < -0.3 is 9.72 Å². The molecule has 4 nitrogen and oxygen atoms in total. The fourth-order valence-corrected chi connectivity index (χ4v) is 1.02. The fourth-order valence-electron chi connectivity index (χ4n) is 1.02. The van der Waals surface area contributed by atoms with E-state index in [-0.39, 0.29) is 12.4 Å². The molecular weight excluding hydrogens is 272 g/mol. The van der Waals surface area contributed by atoms with Gasteiger partial charge in [0.05, 0.1) is 0 Å². The van der Waals surface area contributed by atoms with Crippen molar-refractivity contribution in [2.24, 2.45) is 0 Å². The monoisotopic (exact) mass is 275 g/mol. The second-order valence-electron chi connectivity index (χ2n) is 2.95. The molecule has 10 heteroatoms. The fraction of sp³-hybridized carbons (Fsp3) is 0.250. The van der Waals surface area contributed by atoms with Gasteiger partial charge in [0.2, 0.25) is 0 Å². The Kier molecular flexibility index (Phi) is 3.40. The van der Waals surface area contributed by atoms with Crippen LogP contribution in [0.25, 0.3) is 0 Å². The third-order valence-electron chi connectivity index (χ3n) is 1.68. The second kappa shape index (κ2) is 4.35. The van der Waals surface area contributed by atoms with Crippen LogP contribution in [-0.2, 0) is 6.18 Å². The zero-order valence-electron chi connectivity index (χ0n) is 8.15. The van der Waals surface area contributed by atoms with Crippen LogP contribution in [0.4, 0.5) is 26.3 Å². The van der Waals surface area contributed by atoms with Gasteiger partial charge in [0, 0.05) is 6.07 Å². The van der Waals surface area contributed by atoms with Crippen LogP contribution in [0.5, 0.6) is 5.75 Å². The van der Waals surface area contributed by atoms with E-state index in [2.05, 4.69) is 4.74 Å². The number of rotatable bonds is 2. The molecule has 0 atom stereocenters. The van der Waals surface area contributed by atoms with Gasteiger partial charge in [-0.3, -0.25) is 9.59 Å². The molecule has 0 unspecified atom stereocenters. The standard InChI is InChI=1S/C8H3F6NO3/c9-7(10,11)5-1-4(18-8(12,13)14)3(2-16)6(17)15-5/h1-2H,(H,15,17). The molecule has 0 fully saturated rings. The molecule has 0 aromatic carbocycles. The Hall–Kier alpha value is -2.00. The Labute approximate surface area is 94.2 Å². The Morgan fingerprint density at radius 3 is 2.11 bits per heavy atom. The first kappa shape index (κ1) is 14.1. The van der Waals surface area contributed by atoms with Crippen molar-refractivity contribution in [1.82, 2.24) is 4.98 Å². The third kappa shape index (κ3) is 3.25. The summed E-state index contributed by atoms with van der Waals surface area (Å²) in [6.07, 6.45) is -10.7. The van der Waals surface area contributed by atoms with E-state index in [0.29, 0.717) is 0 Å². The third-order valence-corrected chi connectivity index (χ3v) is 1.68. The van der Waals surface area contributed by atoms with Gasteiger partial charge in [-0.1, -0.05) is 0 Å². The lowest BCUT2D eigenvalue weighted by Crippen LogP contribution is -2.24. The highest BCUT2D eigenvalue weighted by molar-refractivity contribution is 5.78. The SMILES string of the molecule is O=Cc1c(OC(F)(F)F)cc(C(F)(F)F)[nH]c1=O. The predicted molar refractivity (Wildman–Crippen MR) is 44.1 cm³/mol. The average molecular weight is 275 g/mol. The van der Waals surface area contributed by atoms with E-state index in [9.17, 15) is 35.9 Å². The Morgan fingerprint density at radius 1 is 1.17 bits per heavy atom. The zero-order valence-corrected chi connectivity index (χ0v) is 8.15. The minimum Gasteiger partial charge on any atom is -0.405 e. The quantitative estimate of drug-likeness (QED) is 0.664. The maximum Gasteiger partial charge on any atom is 0.573 e. The van der Waals surface area contributed by atoms with Crippen LogP contribution in [-0.4, -0.2) is 17.6 Å². The molecule has 0 spiro atoms. The predicted octanol–water partition coefficient (Wildman–Crippen LogP) is 2.10. The van der Waals surface area contributed by atoms with Crippen LogP contribution in [0.3, 0.4) is 0 Å². The van der Waals surface area contributed by atoms with Crippen molar-refractivity contribution in [3.8, 4) is 5.75 Å². The minimum absolute atomic E-state index is 0.112. The van der Waals surface area contributed by atoms with E-state index in [1.54, 1.807) is 0 Å². The number of carbonyl (C=O) groups excluding carboxylic acids is 1. The second-order valence-corrected chi connectivity index (χ2v) is 2.95.